The summed E-state index contributed by atoms with van der Waals surface area (Å²) in [4.78, 5) is 26.5. The van der Waals surface area contributed by atoms with E-state index >= 15 is 0 Å². The summed E-state index contributed by atoms with van der Waals surface area (Å²) in [5.41, 5.74) is 1.85. The van der Waals surface area contributed by atoms with Gasteiger partial charge in [-0.05, 0) is 59.8 Å². The molecule has 1 aliphatic rings. The van der Waals surface area contributed by atoms with Crippen LogP contribution in [0.15, 0.2) is 22.7 Å². The van der Waals surface area contributed by atoms with Crippen molar-refractivity contribution < 1.29 is 9.59 Å². The Labute approximate surface area is 134 Å². The van der Waals surface area contributed by atoms with Crippen molar-refractivity contribution in [1.29, 1.82) is 0 Å². The second-order valence-electron chi connectivity index (χ2n) is 6.03. The van der Waals surface area contributed by atoms with Crippen LogP contribution < -0.4 is 10.2 Å². The Morgan fingerprint density at radius 2 is 2.00 bits per heavy atom. The topological polar surface area (TPSA) is 49.4 Å². The molecular weight excluding hydrogens is 332 g/mol. The Kier molecular flexibility index (Phi) is 4.71. The Morgan fingerprint density at radius 3 is 2.57 bits per heavy atom. The molecule has 4 nitrogen and oxygen atoms in total. The maximum absolute atomic E-state index is 12.7. The molecule has 1 fully saturated rings. The van der Waals surface area contributed by atoms with E-state index in [2.05, 4.69) is 21.2 Å². The number of piperazine rings is 1. The molecule has 1 aromatic rings. The van der Waals surface area contributed by atoms with Gasteiger partial charge in [0.05, 0.1) is 5.69 Å². The first-order valence-corrected chi connectivity index (χ1v) is 8.00. The first-order chi connectivity index (χ1) is 9.81. The summed E-state index contributed by atoms with van der Waals surface area (Å²) >= 11 is 3.50. The molecule has 1 aromatic carbocycles. The van der Waals surface area contributed by atoms with Crippen LogP contribution in [0.3, 0.4) is 0 Å². The number of amides is 2. The summed E-state index contributed by atoms with van der Waals surface area (Å²) in [5, 5.41) is 2.83. The van der Waals surface area contributed by atoms with Crippen LogP contribution >= 0.6 is 15.9 Å². The number of nitrogens with zero attached hydrogens (tertiary/aromatic N) is 1. The summed E-state index contributed by atoms with van der Waals surface area (Å²) in [6.45, 7) is 7.84. The molecule has 1 N–H and O–H groups in total. The number of rotatable bonds is 3. The van der Waals surface area contributed by atoms with E-state index < -0.39 is 12.1 Å². The number of hydrogen-bond donors (Lipinski definition) is 1. The molecule has 5 heteroatoms. The zero-order chi connectivity index (χ0) is 15.7. The van der Waals surface area contributed by atoms with Crippen LogP contribution in [0.1, 0.15) is 32.8 Å². The van der Waals surface area contributed by atoms with Crippen molar-refractivity contribution in [3.63, 3.8) is 0 Å². The molecule has 0 aromatic heterocycles. The minimum Gasteiger partial charge on any atom is -0.342 e. The number of aryl methyl sites for hydroxylation is 1. The second-order valence-corrected chi connectivity index (χ2v) is 6.88. The van der Waals surface area contributed by atoms with Crippen LogP contribution in [0, 0.1) is 12.8 Å². The van der Waals surface area contributed by atoms with E-state index in [1.807, 2.05) is 39.0 Å². The lowest BCUT2D eigenvalue weighted by Gasteiger charge is -2.38. The van der Waals surface area contributed by atoms with Crippen molar-refractivity contribution >= 4 is 33.4 Å². The highest BCUT2D eigenvalue weighted by atomic mass is 79.9. The fraction of sp³-hybridized carbons (Fsp3) is 0.500. The van der Waals surface area contributed by atoms with Gasteiger partial charge in [0.15, 0.2) is 0 Å². The Morgan fingerprint density at radius 1 is 1.33 bits per heavy atom. The molecule has 1 saturated heterocycles. The fourth-order valence-electron chi connectivity index (χ4n) is 2.60. The highest BCUT2D eigenvalue weighted by Gasteiger charge is 2.39. The van der Waals surface area contributed by atoms with Gasteiger partial charge in [-0.3, -0.25) is 14.5 Å². The lowest BCUT2D eigenvalue weighted by Crippen LogP contribution is -2.63. The van der Waals surface area contributed by atoms with Crippen molar-refractivity contribution in [3.05, 3.63) is 28.2 Å². The van der Waals surface area contributed by atoms with E-state index in [4.69, 9.17) is 0 Å². The maximum atomic E-state index is 12.7. The summed E-state index contributed by atoms with van der Waals surface area (Å²) in [6.07, 6.45) is 0.650. The third-order valence-corrected chi connectivity index (χ3v) is 4.32. The van der Waals surface area contributed by atoms with E-state index in [9.17, 15) is 9.59 Å². The quantitative estimate of drug-likeness (QED) is 0.908. The predicted molar refractivity (Wildman–Crippen MR) is 87.2 cm³/mol. The smallest absolute Gasteiger partial charge is 0.250 e. The molecule has 0 bridgehead atoms. The Hall–Kier alpha value is -1.36. The number of nitrogens with one attached hydrogen (secondary N) is 1. The van der Waals surface area contributed by atoms with Crippen molar-refractivity contribution in [3.8, 4) is 0 Å². The second kappa shape index (κ2) is 6.18. The van der Waals surface area contributed by atoms with Gasteiger partial charge in [-0.1, -0.05) is 19.9 Å². The molecule has 2 atom stereocenters. The van der Waals surface area contributed by atoms with Gasteiger partial charge in [0.2, 0.25) is 11.8 Å². The number of carbonyl (C=O) groups is 2. The third kappa shape index (κ3) is 3.28. The molecule has 0 radical (unpaired) electrons. The maximum Gasteiger partial charge on any atom is 0.250 e. The number of benzene rings is 1. The molecule has 2 unspecified atom stereocenters. The number of hydrogen-bond acceptors (Lipinski definition) is 2. The van der Waals surface area contributed by atoms with Crippen LogP contribution in [0.25, 0.3) is 0 Å². The molecule has 1 heterocycles. The number of carbonyl (C=O) groups excluding carboxylic acids is 2. The molecule has 2 amide bonds. The van der Waals surface area contributed by atoms with E-state index in [0.29, 0.717) is 12.3 Å². The van der Waals surface area contributed by atoms with E-state index in [1.165, 1.54) is 0 Å². The van der Waals surface area contributed by atoms with Gasteiger partial charge < -0.3 is 5.32 Å². The average Bonchev–Trinajstić information content (AvgIpc) is 2.38. The summed E-state index contributed by atoms with van der Waals surface area (Å²) < 4.78 is 0.834. The molecule has 0 saturated carbocycles. The molecule has 21 heavy (non-hydrogen) atoms. The average molecular weight is 353 g/mol. The normalized spacial score (nSPS) is 22.7. The molecule has 1 aliphatic heterocycles. The molecular formula is C16H21BrN2O2. The summed E-state index contributed by atoms with van der Waals surface area (Å²) in [5.74, 6) is 0.198. The molecule has 2 rings (SSSR count). The summed E-state index contributed by atoms with van der Waals surface area (Å²) in [6, 6.07) is 4.85. The lowest BCUT2D eigenvalue weighted by atomic mass is 9.98. The van der Waals surface area contributed by atoms with Gasteiger partial charge in [-0.15, -0.1) is 0 Å². The fourth-order valence-corrected chi connectivity index (χ4v) is 3.28. The van der Waals surface area contributed by atoms with Crippen LogP contribution in [-0.2, 0) is 9.59 Å². The van der Waals surface area contributed by atoms with Gasteiger partial charge in [0.1, 0.15) is 12.1 Å². The monoisotopic (exact) mass is 352 g/mol. The lowest BCUT2D eigenvalue weighted by molar-refractivity contribution is -0.133. The number of halogens is 1. The Balaban J connectivity index is 2.38. The highest BCUT2D eigenvalue weighted by molar-refractivity contribution is 9.10. The SMILES string of the molecule is Cc1ccc(N2C(=O)C(CC(C)C)NC(=O)C2C)c(Br)c1. The van der Waals surface area contributed by atoms with Crippen molar-refractivity contribution in [2.45, 2.75) is 46.2 Å². The standard InChI is InChI=1S/C16H21BrN2O2/c1-9(2)7-13-16(21)19(11(4)15(20)18-13)14-6-5-10(3)8-12(14)17/h5-6,8-9,11,13H,7H2,1-4H3,(H,18,20). The highest BCUT2D eigenvalue weighted by Crippen LogP contribution is 2.31. The van der Waals surface area contributed by atoms with Crippen molar-refractivity contribution in [1.82, 2.24) is 5.32 Å². The van der Waals surface area contributed by atoms with Gasteiger partial charge in [-0.25, -0.2) is 0 Å². The minimum atomic E-state index is -0.500. The third-order valence-electron chi connectivity index (χ3n) is 3.69. The van der Waals surface area contributed by atoms with Crippen molar-refractivity contribution in [2.24, 2.45) is 5.92 Å². The van der Waals surface area contributed by atoms with Crippen LogP contribution in [0.4, 0.5) is 5.69 Å². The van der Waals surface area contributed by atoms with E-state index in [0.717, 1.165) is 15.7 Å². The van der Waals surface area contributed by atoms with Gasteiger partial charge in [-0.2, -0.15) is 0 Å². The number of anilines is 1. The zero-order valence-electron chi connectivity index (χ0n) is 12.8. The minimum absolute atomic E-state index is 0.0413. The van der Waals surface area contributed by atoms with Crippen LogP contribution in [0.2, 0.25) is 0 Å². The molecule has 114 valence electrons. The van der Waals surface area contributed by atoms with Crippen LogP contribution in [0.5, 0.6) is 0 Å². The molecule has 0 aliphatic carbocycles. The van der Waals surface area contributed by atoms with Gasteiger partial charge in [0, 0.05) is 4.47 Å². The van der Waals surface area contributed by atoms with Crippen LogP contribution in [-0.4, -0.2) is 23.9 Å². The van der Waals surface area contributed by atoms with E-state index in [1.54, 1.807) is 11.8 Å². The molecule has 0 spiro atoms. The first-order valence-electron chi connectivity index (χ1n) is 7.21. The predicted octanol–water partition coefficient (Wildman–Crippen LogP) is 3.02. The van der Waals surface area contributed by atoms with Gasteiger partial charge >= 0.3 is 0 Å². The largest absolute Gasteiger partial charge is 0.342 e. The zero-order valence-corrected chi connectivity index (χ0v) is 14.4. The van der Waals surface area contributed by atoms with Crippen molar-refractivity contribution in [2.75, 3.05) is 4.90 Å². The van der Waals surface area contributed by atoms with Gasteiger partial charge in [0.25, 0.3) is 0 Å². The Bertz CT molecular complexity index is 571. The van der Waals surface area contributed by atoms with E-state index in [-0.39, 0.29) is 11.8 Å². The summed E-state index contributed by atoms with van der Waals surface area (Å²) in [7, 11) is 0. The first kappa shape index (κ1) is 16.0.